The molecule has 5 N–H and O–H groups in total. The van der Waals surface area contributed by atoms with Crippen molar-refractivity contribution in [2.45, 2.75) is 22.9 Å². The molecule has 2 aromatic carbocycles. The van der Waals surface area contributed by atoms with E-state index in [1.807, 2.05) is 0 Å². The molecule has 0 amide bonds. The molecule has 132 valence electrons. The Morgan fingerprint density at radius 1 is 0.750 bits per heavy atom. The van der Waals surface area contributed by atoms with Crippen molar-refractivity contribution >= 4 is 32.5 Å². The molecule has 2 rings (SSSR count). The third-order valence-corrected chi connectivity index (χ3v) is 4.93. The second-order valence-corrected chi connectivity index (χ2v) is 8.11. The molecule has 0 saturated carbocycles. The first-order chi connectivity index (χ1) is 10.7. The molecule has 2 aromatic rings. The van der Waals surface area contributed by atoms with Crippen LogP contribution in [0.5, 0.6) is 0 Å². The number of benzene rings is 2. The first-order valence-electron chi connectivity index (χ1n) is 6.60. The highest BCUT2D eigenvalue weighted by atomic mass is 35.5. The van der Waals surface area contributed by atoms with Gasteiger partial charge in [0.25, 0.3) is 0 Å². The van der Waals surface area contributed by atoms with E-state index in [2.05, 4.69) is 5.32 Å². The van der Waals surface area contributed by atoms with Gasteiger partial charge in [0, 0.05) is 13.1 Å². The van der Waals surface area contributed by atoms with Crippen LogP contribution in [0.3, 0.4) is 0 Å². The highest BCUT2D eigenvalue weighted by Gasteiger charge is 2.09. The molecule has 0 aliphatic heterocycles. The molecule has 0 unspecified atom stereocenters. The standard InChI is InChI=1S/C14H17N3O4S2.ClH/c15-22(18,19)13-5-1-3-11(7-13)9-17-10-12-4-2-6-14(8-12)23(16,20)21;/h1-8,17H,9-10H2,(H2,15,18,19)(H2,16,20,21);1H. The minimum atomic E-state index is -3.73. The maximum absolute atomic E-state index is 11.3. The summed E-state index contributed by atoms with van der Waals surface area (Å²) in [7, 11) is -7.47. The van der Waals surface area contributed by atoms with Crippen LogP contribution in [0.1, 0.15) is 11.1 Å². The van der Waals surface area contributed by atoms with E-state index in [9.17, 15) is 16.8 Å². The predicted octanol–water partition coefficient (Wildman–Crippen LogP) is 0.693. The average molecular weight is 392 g/mol. The Kier molecular flexibility index (Phi) is 6.90. The molecule has 0 aliphatic rings. The highest BCUT2D eigenvalue weighted by molar-refractivity contribution is 7.89. The fourth-order valence-corrected chi connectivity index (χ4v) is 3.18. The number of primary sulfonamides is 2. The van der Waals surface area contributed by atoms with Gasteiger partial charge in [-0.2, -0.15) is 0 Å². The zero-order valence-corrected chi connectivity index (χ0v) is 15.0. The van der Waals surface area contributed by atoms with Crippen molar-refractivity contribution in [3.63, 3.8) is 0 Å². The molecule has 0 spiro atoms. The van der Waals surface area contributed by atoms with Gasteiger partial charge in [-0.05, 0) is 35.4 Å². The van der Waals surface area contributed by atoms with Crippen LogP contribution in [0, 0.1) is 0 Å². The van der Waals surface area contributed by atoms with Crippen LogP contribution in [0.2, 0.25) is 0 Å². The van der Waals surface area contributed by atoms with Crippen molar-refractivity contribution in [2.24, 2.45) is 10.3 Å². The fourth-order valence-electron chi connectivity index (χ4n) is 2.02. The Hall–Kier alpha value is -1.49. The molecule has 24 heavy (non-hydrogen) atoms. The Morgan fingerprint density at radius 2 is 1.12 bits per heavy atom. The normalized spacial score (nSPS) is 11.8. The van der Waals surface area contributed by atoms with Crippen LogP contribution >= 0.6 is 12.4 Å². The second kappa shape index (κ2) is 8.06. The summed E-state index contributed by atoms with van der Waals surface area (Å²) >= 11 is 0. The lowest BCUT2D eigenvalue weighted by Crippen LogP contribution is -2.16. The molecule has 0 bridgehead atoms. The van der Waals surface area contributed by atoms with Gasteiger partial charge in [-0.15, -0.1) is 12.4 Å². The van der Waals surface area contributed by atoms with Crippen molar-refractivity contribution in [1.82, 2.24) is 5.32 Å². The number of halogens is 1. The molecule has 0 atom stereocenters. The summed E-state index contributed by atoms with van der Waals surface area (Å²) in [6.07, 6.45) is 0. The summed E-state index contributed by atoms with van der Waals surface area (Å²) in [6.45, 7) is 0.811. The summed E-state index contributed by atoms with van der Waals surface area (Å²) in [5.74, 6) is 0. The molecule has 10 heteroatoms. The van der Waals surface area contributed by atoms with Gasteiger partial charge in [-0.3, -0.25) is 0 Å². The molecule has 0 aliphatic carbocycles. The molecular weight excluding hydrogens is 374 g/mol. The number of sulfonamides is 2. The smallest absolute Gasteiger partial charge is 0.238 e. The topological polar surface area (TPSA) is 132 Å². The van der Waals surface area contributed by atoms with Crippen molar-refractivity contribution < 1.29 is 16.8 Å². The summed E-state index contributed by atoms with van der Waals surface area (Å²) in [6, 6.07) is 12.6. The minimum Gasteiger partial charge on any atom is -0.309 e. The fraction of sp³-hybridized carbons (Fsp3) is 0.143. The maximum atomic E-state index is 11.3. The van der Waals surface area contributed by atoms with Crippen LogP contribution in [0.4, 0.5) is 0 Å². The van der Waals surface area contributed by atoms with Gasteiger partial charge in [0.2, 0.25) is 20.0 Å². The quantitative estimate of drug-likeness (QED) is 0.666. The van der Waals surface area contributed by atoms with Gasteiger partial charge >= 0.3 is 0 Å². The lowest BCUT2D eigenvalue weighted by molar-refractivity contribution is 0.596. The van der Waals surface area contributed by atoms with Crippen LogP contribution in [-0.2, 0) is 33.1 Å². The van der Waals surface area contributed by atoms with Gasteiger partial charge in [0.15, 0.2) is 0 Å². The van der Waals surface area contributed by atoms with Crippen LogP contribution in [0.25, 0.3) is 0 Å². The van der Waals surface area contributed by atoms with E-state index in [1.54, 1.807) is 24.3 Å². The monoisotopic (exact) mass is 391 g/mol. The zero-order chi connectivity index (χ0) is 17.1. The van der Waals surface area contributed by atoms with E-state index in [4.69, 9.17) is 10.3 Å². The summed E-state index contributed by atoms with van der Waals surface area (Å²) in [5, 5.41) is 13.3. The first-order valence-corrected chi connectivity index (χ1v) is 9.70. The Labute approximate surface area is 147 Å². The van der Waals surface area contributed by atoms with Crippen LogP contribution in [0.15, 0.2) is 58.3 Å². The van der Waals surface area contributed by atoms with E-state index in [0.717, 1.165) is 11.1 Å². The summed E-state index contributed by atoms with van der Waals surface area (Å²) in [4.78, 5) is 0.0982. The molecule has 0 heterocycles. The summed E-state index contributed by atoms with van der Waals surface area (Å²) < 4.78 is 45.2. The third kappa shape index (κ3) is 5.86. The van der Waals surface area contributed by atoms with Gasteiger partial charge in [-0.1, -0.05) is 24.3 Å². The Bertz CT molecular complexity index is 840. The third-order valence-electron chi connectivity index (χ3n) is 3.11. The van der Waals surface area contributed by atoms with Gasteiger partial charge in [0.1, 0.15) is 0 Å². The first kappa shape index (κ1) is 20.6. The lowest BCUT2D eigenvalue weighted by Gasteiger charge is -2.07. The van der Waals surface area contributed by atoms with Crippen LogP contribution < -0.4 is 15.6 Å². The van der Waals surface area contributed by atoms with E-state index in [0.29, 0.717) is 13.1 Å². The van der Waals surface area contributed by atoms with Crippen molar-refractivity contribution in [3.8, 4) is 0 Å². The molecule has 0 aromatic heterocycles. The molecule has 0 radical (unpaired) electrons. The van der Waals surface area contributed by atoms with E-state index < -0.39 is 20.0 Å². The van der Waals surface area contributed by atoms with Crippen LogP contribution in [-0.4, -0.2) is 16.8 Å². The van der Waals surface area contributed by atoms with E-state index in [-0.39, 0.29) is 22.2 Å². The summed E-state index contributed by atoms with van der Waals surface area (Å²) in [5.41, 5.74) is 1.50. The van der Waals surface area contributed by atoms with Crippen molar-refractivity contribution in [3.05, 3.63) is 59.7 Å². The largest absolute Gasteiger partial charge is 0.309 e. The SMILES string of the molecule is Cl.NS(=O)(=O)c1cccc(CNCc2cccc(S(N)(=O)=O)c2)c1. The number of nitrogens with one attached hydrogen (secondary N) is 1. The second-order valence-electron chi connectivity index (χ2n) is 4.99. The number of nitrogens with two attached hydrogens (primary N) is 2. The van der Waals surface area contributed by atoms with Crippen molar-refractivity contribution in [1.29, 1.82) is 0 Å². The molecular formula is C14H18ClN3O4S2. The lowest BCUT2D eigenvalue weighted by atomic mass is 10.2. The predicted molar refractivity (Wildman–Crippen MR) is 93.4 cm³/mol. The zero-order valence-electron chi connectivity index (χ0n) is 12.5. The number of hydrogen-bond donors (Lipinski definition) is 3. The molecule has 0 saturated heterocycles. The molecule has 7 nitrogen and oxygen atoms in total. The van der Waals surface area contributed by atoms with Gasteiger partial charge < -0.3 is 5.32 Å². The minimum absolute atomic E-state index is 0. The van der Waals surface area contributed by atoms with Crippen molar-refractivity contribution in [2.75, 3.05) is 0 Å². The number of rotatable bonds is 6. The Morgan fingerprint density at radius 3 is 1.46 bits per heavy atom. The average Bonchev–Trinajstić information content (AvgIpc) is 2.46. The van der Waals surface area contributed by atoms with Gasteiger partial charge in [0.05, 0.1) is 9.79 Å². The molecule has 0 fully saturated rings. The van der Waals surface area contributed by atoms with E-state index >= 15 is 0 Å². The van der Waals surface area contributed by atoms with Gasteiger partial charge in [-0.25, -0.2) is 27.1 Å². The maximum Gasteiger partial charge on any atom is 0.238 e. The number of hydrogen-bond acceptors (Lipinski definition) is 5. The van der Waals surface area contributed by atoms with E-state index in [1.165, 1.54) is 24.3 Å². The highest BCUT2D eigenvalue weighted by Crippen LogP contribution is 2.11. The Balaban J connectivity index is 0.00000288.